The molecule has 1 aliphatic heterocycles. The van der Waals surface area contributed by atoms with E-state index >= 15 is 0 Å². The second-order valence-electron chi connectivity index (χ2n) is 2.99. The molecule has 0 aromatic carbocycles. The third-order valence-corrected chi connectivity index (χ3v) is 1.75. The second-order valence-corrected chi connectivity index (χ2v) is 2.99. The number of nitrogens with zero attached hydrogens (tertiary/aromatic N) is 1. The summed E-state index contributed by atoms with van der Waals surface area (Å²) in [6.07, 6.45) is -2.98. The Morgan fingerprint density at radius 3 is 2.75 bits per heavy atom. The lowest BCUT2D eigenvalue weighted by Crippen LogP contribution is -2.38. The first-order valence-electron chi connectivity index (χ1n) is 4.28. The number of hydroxylamine groups is 2. The molecule has 3 N–H and O–H groups in total. The van der Waals surface area contributed by atoms with Crippen molar-refractivity contribution in [3.05, 3.63) is 24.3 Å². The predicted molar refractivity (Wildman–Crippen MR) is 48.0 cm³/mol. The van der Waals surface area contributed by atoms with Crippen LogP contribution in [-0.2, 0) is 9.63 Å². The second kappa shape index (κ2) is 4.44. The molecule has 0 spiro atoms. The molecule has 0 aromatic heterocycles. The summed E-state index contributed by atoms with van der Waals surface area (Å²) in [5.41, 5.74) is 4.75. The highest BCUT2D eigenvalue weighted by Gasteiger charge is 2.39. The zero-order valence-electron chi connectivity index (χ0n) is 8.28. The number of carbonyl (C=O) groups is 1. The summed E-state index contributed by atoms with van der Waals surface area (Å²) < 4.78 is 36.6. The van der Waals surface area contributed by atoms with Crippen molar-refractivity contribution in [3.63, 3.8) is 0 Å². The van der Waals surface area contributed by atoms with Crippen LogP contribution >= 0.6 is 0 Å². The number of rotatable bonds is 3. The van der Waals surface area contributed by atoms with Gasteiger partial charge in [-0.15, -0.1) is 0 Å². The van der Waals surface area contributed by atoms with Crippen molar-refractivity contribution < 1.29 is 22.8 Å². The Morgan fingerprint density at radius 2 is 2.25 bits per heavy atom. The average molecular weight is 237 g/mol. The number of hydrogen-bond acceptors (Lipinski definition) is 4. The maximum atomic E-state index is 12.2. The molecule has 0 saturated carbocycles. The van der Waals surface area contributed by atoms with E-state index in [1.807, 2.05) is 0 Å². The number of halogens is 3. The van der Waals surface area contributed by atoms with Gasteiger partial charge < -0.3 is 11.1 Å². The number of nitrogens with one attached hydrogen (secondary N) is 1. The molecular weight excluding hydrogens is 227 g/mol. The van der Waals surface area contributed by atoms with Crippen molar-refractivity contribution in [3.8, 4) is 0 Å². The van der Waals surface area contributed by atoms with E-state index in [1.165, 1.54) is 6.20 Å². The molecule has 1 amide bonds. The normalized spacial score (nSPS) is 17.8. The molecular formula is C8H10F3N3O2. The Bertz CT molecular complexity index is 338. The van der Waals surface area contributed by atoms with Crippen molar-refractivity contribution in [2.45, 2.75) is 19.2 Å². The fourth-order valence-electron chi connectivity index (χ4n) is 0.883. The molecule has 1 aliphatic rings. The molecule has 8 heteroatoms. The van der Waals surface area contributed by atoms with Crippen molar-refractivity contribution in [2.24, 2.45) is 5.73 Å². The molecule has 0 aromatic rings. The minimum atomic E-state index is -4.51. The van der Waals surface area contributed by atoms with E-state index in [2.05, 4.69) is 10.2 Å². The van der Waals surface area contributed by atoms with E-state index in [-0.39, 0.29) is 5.70 Å². The van der Waals surface area contributed by atoms with Crippen LogP contribution in [0, 0.1) is 0 Å². The maximum Gasteiger partial charge on any atom is 0.416 e. The van der Waals surface area contributed by atoms with Gasteiger partial charge in [0.25, 0.3) is 5.91 Å². The van der Waals surface area contributed by atoms with Crippen LogP contribution in [0.3, 0.4) is 0 Å². The maximum absolute atomic E-state index is 12.2. The zero-order valence-corrected chi connectivity index (χ0v) is 8.28. The molecule has 5 nitrogen and oxygen atoms in total. The van der Waals surface area contributed by atoms with Crippen LogP contribution in [0.2, 0.25) is 0 Å². The highest BCUT2D eigenvalue weighted by molar-refractivity contribution is 5.91. The molecule has 1 atom stereocenters. The number of alkyl halides is 3. The van der Waals surface area contributed by atoms with E-state index in [0.29, 0.717) is 5.06 Å². The number of amides is 1. The smallest absolute Gasteiger partial charge is 0.364 e. The Labute approximate surface area is 89.3 Å². The monoisotopic (exact) mass is 237 g/mol. The predicted octanol–water partition coefficient (Wildman–Crippen LogP) is 0.572. The molecule has 16 heavy (non-hydrogen) atoms. The molecule has 0 aliphatic carbocycles. The lowest BCUT2D eigenvalue weighted by Gasteiger charge is -2.27. The highest BCUT2D eigenvalue weighted by atomic mass is 19.4. The fraction of sp³-hybridized carbons (Fsp3) is 0.375. The van der Waals surface area contributed by atoms with E-state index < -0.39 is 18.2 Å². The summed E-state index contributed by atoms with van der Waals surface area (Å²) in [5, 5.41) is 3.19. The SMILES string of the molecule is CC(ON1C=CNC=C1C(N)=O)C(F)(F)F. The summed E-state index contributed by atoms with van der Waals surface area (Å²) in [7, 11) is 0. The van der Waals surface area contributed by atoms with Gasteiger partial charge in [-0.3, -0.25) is 9.63 Å². The first-order chi connectivity index (χ1) is 7.32. The first-order valence-corrected chi connectivity index (χ1v) is 4.28. The third kappa shape index (κ3) is 2.89. The van der Waals surface area contributed by atoms with Crippen LogP contribution < -0.4 is 11.1 Å². The summed E-state index contributed by atoms with van der Waals surface area (Å²) in [5.74, 6) is -0.897. The summed E-state index contributed by atoms with van der Waals surface area (Å²) in [4.78, 5) is 15.4. The quantitative estimate of drug-likeness (QED) is 0.753. The molecule has 0 fully saturated rings. The molecule has 0 bridgehead atoms. The lowest BCUT2D eigenvalue weighted by atomic mass is 10.4. The summed E-state index contributed by atoms with van der Waals surface area (Å²) >= 11 is 0. The number of nitrogens with two attached hydrogens (primary N) is 1. The van der Waals surface area contributed by atoms with Gasteiger partial charge in [0.2, 0.25) is 0 Å². The standard InChI is InChI=1S/C8H10F3N3O2/c1-5(8(9,10)11)16-14-3-2-13-4-6(14)7(12)15/h2-5,13H,1H3,(H2,12,15). The van der Waals surface area contributed by atoms with Gasteiger partial charge in [0.1, 0.15) is 5.70 Å². The van der Waals surface area contributed by atoms with Crippen LogP contribution in [0.15, 0.2) is 24.3 Å². The van der Waals surface area contributed by atoms with Crippen molar-refractivity contribution in [1.82, 2.24) is 10.4 Å². The number of hydrogen-bond donors (Lipinski definition) is 2. The van der Waals surface area contributed by atoms with Crippen LogP contribution in [0.4, 0.5) is 13.2 Å². The minimum absolute atomic E-state index is 0.210. The highest BCUT2D eigenvalue weighted by Crippen LogP contribution is 2.24. The van der Waals surface area contributed by atoms with E-state index in [4.69, 9.17) is 5.73 Å². The average Bonchev–Trinajstić information content (AvgIpc) is 2.16. The zero-order chi connectivity index (χ0) is 12.3. The van der Waals surface area contributed by atoms with E-state index in [0.717, 1.165) is 19.3 Å². The molecule has 1 unspecified atom stereocenters. The summed E-state index contributed by atoms with van der Waals surface area (Å²) in [6, 6.07) is 0. The van der Waals surface area contributed by atoms with Crippen LogP contribution in [0.1, 0.15) is 6.92 Å². The summed E-state index contributed by atoms with van der Waals surface area (Å²) in [6.45, 7) is 0.828. The van der Waals surface area contributed by atoms with Gasteiger partial charge in [-0.25, -0.2) is 5.06 Å². The Balaban J connectivity index is 2.72. The molecule has 1 heterocycles. The van der Waals surface area contributed by atoms with Gasteiger partial charge in [0.15, 0.2) is 6.10 Å². The van der Waals surface area contributed by atoms with Gasteiger partial charge in [0.05, 0.1) is 0 Å². The fourth-order valence-corrected chi connectivity index (χ4v) is 0.883. The molecule has 0 saturated heterocycles. The Hall–Kier alpha value is -1.70. The Morgan fingerprint density at radius 1 is 1.62 bits per heavy atom. The van der Waals surface area contributed by atoms with Crippen molar-refractivity contribution >= 4 is 5.91 Å². The van der Waals surface area contributed by atoms with Crippen LogP contribution in [0.25, 0.3) is 0 Å². The van der Waals surface area contributed by atoms with Gasteiger partial charge in [-0.05, 0) is 6.92 Å². The van der Waals surface area contributed by atoms with Gasteiger partial charge in [-0.1, -0.05) is 0 Å². The van der Waals surface area contributed by atoms with Crippen LogP contribution in [0.5, 0.6) is 0 Å². The first kappa shape index (κ1) is 12.4. The lowest BCUT2D eigenvalue weighted by molar-refractivity contribution is -0.269. The van der Waals surface area contributed by atoms with Crippen molar-refractivity contribution in [1.29, 1.82) is 0 Å². The Kier molecular flexibility index (Phi) is 3.43. The third-order valence-electron chi connectivity index (χ3n) is 1.75. The van der Waals surface area contributed by atoms with E-state index in [9.17, 15) is 18.0 Å². The molecule has 0 radical (unpaired) electrons. The van der Waals surface area contributed by atoms with Crippen LogP contribution in [-0.4, -0.2) is 23.3 Å². The van der Waals surface area contributed by atoms with E-state index in [1.54, 1.807) is 0 Å². The topological polar surface area (TPSA) is 67.6 Å². The number of primary amides is 1. The van der Waals surface area contributed by atoms with Crippen molar-refractivity contribution in [2.75, 3.05) is 0 Å². The van der Waals surface area contributed by atoms with Gasteiger partial charge in [-0.2, -0.15) is 13.2 Å². The molecule has 1 rings (SSSR count). The largest absolute Gasteiger partial charge is 0.416 e. The minimum Gasteiger partial charge on any atom is -0.364 e. The number of carbonyl (C=O) groups excluding carboxylic acids is 1. The molecule has 90 valence electrons. The van der Waals surface area contributed by atoms with Gasteiger partial charge in [0, 0.05) is 18.6 Å². The van der Waals surface area contributed by atoms with Gasteiger partial charge >= 0.3 is 6.18 Å².